The molecule has 3 heteroatoms. The molecule has 0 unspecified atom stereocenters. The van der Waals surface area contributed by atoms with Crippen molar-refractivity contribution in [3.63, 3.8) is 0 Å². The molecule has 0 radical (unpaired) electrons. The van der Waals surface area contributed by atoms with Crippen molar-refractivity contribution < 1.29 is 4.74 Å². The van der Waals surface area contributed by atoms with Gasteiger partial charge in [0.15, 0.2) is 5.90 Å². The van der Waals surface area contributed by atoms with E-state index >= 15 is 0 Å². The second-order valence-corrected chi connectivity index (χ2v) is 2.72. The van der Waals surface area contributed by atoms with Crippen molar-refractivity contribution in [3.8, 4) is 0 Å². The zero-order valence-electron chi connectivity index (χ0n) is 7.71. The molecule has 0 fully saturated rings. The summed E-state index contributed by atoms with van der Waals surface area (Å²) in [6.45, 7) is 1.25. The van der Waals surface area contributed by atoms with E-state index in [2.05, 4.69) is 5.32 Å². The van der Waals surface area contributed by atoms with E-state index in [4.69, 9.17) is 10.1 Å². The average molecular weight is 178 g/mol. The Kier molecular flexibility index (Phi) is 3.99. The molecule has 0 aliphatic carbocycles. The van der Waals surface area contributed by atoms with Crippen molar-refractivity contribution in [3.05, 3.63) is 35.9 Å². The molecule has 0 aliphatic heterocycles. The first-order valence-electron chi connectivity index (χ1n) is 4.19. The van der Waals surface area contributed by atoms with Crippen LogP contribution < -0.4 is 5.32 Å². The second-order valence-electron chi connectivity index (χ2n) is 2.72. The van der Waals surface area contributed by atoms with Crippen LogP contribution in [0.3, 0.4) is 0 Å². The summed E-state index contributed by atoms with van der Waals surface area (Å²) in [5.74, 6) is 0.260. The van der Waals surface area contributed by atoms with Crippen LogP contribution >= 0.6 is 0 Å². The number of ether oxygens (including phenoxy) is 1. The van der Waals surface area contributed by atoms with Gasteiger partial charge in [-0.2, -0.15) is 0 Å². The molecule has 0 aromatic heterocycles. The smallest absolute Gasteiger partial charge is 0.194 e. The molecule has 0 saturated carbocycles. The molecule has 3 nitrogen and oxygen atoms in total. The van der Waals surface area contributed by atoms with Crippen LogP contribution in [-0.2, 0) is 11.3 Å². The Labute approximate surface area is 78.2 Å². The van der Waals surface area contributed by atoms with E-state index in [1.807, 2.05) is 30.3 Å². The van der Waals surface area contributed by atoms with E-state index < -0.39 is 0 Å². The lowest BCUT2D eigenvalue weighted by Crippen LogP contribution is -2.22. The highest BCUT2D eigenvalue weighted by atomic mass is 16.5. The molecule has 0 atom stereocenters. The van der Waals surface area contributed by atoms with Crippen LogP contribution in [0.25, 0.3) is 0 Å². The van der Waals surface area contributed by atoms with Gasteiger partial charge in [0.05, 0.1) is 13.7 Å². The molecular formula is C10H14N2O. The van der Waals surface area contributed by atoms with Gasteiger partial charge in [0.2, 0.25) is 0 Å². The summed E-state index contributed by atoms with van der Waals surface area (Å²) in [5, 5.41) is 10.3. The molecule has 13 heavy (non-hydrogen) atoms. The van der Waals surface area contributed by atoms with Crippen LogP contribution in [0.15, 0.2) is 30.3 Å². The van der Waals surface area contributed by atoms with Gasteiger partial charge in [0.25, 0.3) is 0 Å². The number of nitrogens with one attached hydrogen (secondary N) is 2. The molecule has 2 N–H and O–H groups in total. The fourth-order valence-corrected chi connectivity index (χ4v) is 0.988. The third-order valence-electron chi connectivity index (χ3n) is 1.70. The van der Waals surface area contributed by atoms with Gasteiger partial charge in [0, 0.05) is 6.54 Å². The Balaban J connectivity index is 2.24. The molecule has 1 aromatic rings. The maximum atomic E-state index is 7.22. The van der Waals surface area contributed by atoms with E-state index in [1.165, 1.54) is 12.7 Å². The van der Waals surface area contributed by atoms with E-state index in [1.54, 1.807) is 0 Å². The Morgan fingerprint density at radius 3 is 2.69 bits per heavy atom. The van der Waals surface area contributed by atoms with Gasteiger partial charge in [-0.1, -0.05) is 30.3 Å². The summed E-state index contributed by atoms with van der Waals surface area (Å²) >= 11 is 0. The molecule has 70 valence electrons. The maximum absolute atomic E-state index is 7.22. The minimum atomic E-state index is 0.260. The van der Waals surface area contributed by atoms with Crippen LogP contribution in [0, 0.1) is 5.41 Å². The summed E-state index contributed by atoms with van der Waals surface area (Å²) in [6, 6.07) is 10.1. The highest BCUT2D eigenvalue weighted by Gasteiger charge is 1.94. The zero-order chi connectivity index (χ0) is 9.52. The van der Waals surface area contributed by atoms with Crippen LogP contribution in [0.4, 0.5) is 0 Å². The largest absolute Gasteiger partial charge is 0.484 e. The lowest BCUT2D eigenvalue weighted by molar-refractivity contribution is 0.386. The average Bonchev–Trinajstić information content (AvgIpc) is 2.19. The Bertz CT molecular complexity index is 259. The minimum absolute atomic E-state index is 0.260. The molecule has 0 heterocycles. The van der Waals surface area contributed by atoms with E-state index in [0.29, 0.717) is 6.54 Å². The first kappa shape index (κ1) is 9.74. The van der Waals surface area contributed by atoms with Gasteiger partial charge in [0.1, 0.15) is 0 Å². The summed E-state index contributed by atoms with van der Waals surface area (Å²) in [6.07, 6.45) is 0. The third-order valence-corrected chi connectivity index (χ3v) is 1.70. The number of benzene rings is 1. The SMILES string of the molecule is COC(=N)CNCc1ccccc1. The summed E-state index contributed by atoms with van der Waals surface area (Å²) in [5.41, 5.74) is 1.21. The number of rotatable bonds is 4. The summed E-state index contributed by atoms with van der Waals surface area (Å²) in [7, 11) is 1.51. The number of hydrogen-bond acceptors (Lipinski definition) is 3. The quantitative estimate of drug-likeness (QED) is 0.540. The van der Waals surface area contributed by atoms with Crippen molar-refractivity contribution in [1.82, 2.24) is 5.32 Å². The van der Waals surface area contributed by atoms with Gasteiger partial charge in [-0.3, -0.25) is 5.41 Å². The molecule has 1 rings (SSSR count). The van der Waals surface area contributed by atoms with Gasteiger partial charge >= 0.3 is 0 Å². The first-order chi connectivity index (χ1) is 6.33. The highest BCUT2D eigenvalue weighted by Crippen LogP contribution is 1.96. The molecule has 1 aromatic carbocycles. The number of methoxy groups -OCH3 is 1. The lowest BCUT2D eigenvalue weighted by atomic mass is 10.2. The Hall–Kier alpha value is -1.35. The second kappa shape index (κ2) is 5.32. The first-order valence-corrected chi connectivity index (χ1v) is 4.19. The van der Waals surface area contributed by atoms with E-state index in [0.717, 1.165) is 6.54 Å². The van der Waals surface area contributed by atoms with Gasteiger partial charge in [-0.15, -0.1) is 0 Å². The third kappa shape index (κ3) is 3.71. The Morgan fingerprint density at radius 1 is 1.38 bits per heavy atom. The van der Waals surface area contributed by atoms with Gasteiger partial charge < -0.3 is 10.1 Å². The van der Waals surface area contributed by atoms with Crippen LogP contribution in [0.5, 0.6) is 0 Å². The predicted molar refractivity (Wildman–Crippen MR) is 52.9 cm³/mol. The fourth-order valence-electron chi connectivity index (χ4n) is 0.988. The summed E-state index contributed by atoms with van der Waals surface area (Å²) in [4.78, 5) is 0. The number of hydrogen-bond donors (Lipinski definition) is 2. The topological polar surface area (TPSA) is 45.1 Å². The predicted octanol–water partition coefficient (Wildman–Crippen LogP) is 1.40. The molecule has 0 aliphatic rings. The molecule has 0 bridgehead atoms. The van der Waals surface area contributed by atoms with Crippen LogP contribution in [0.2, 0.25) is 0 Å². The van der Waals surface area contributed by atoms with Crippen molar-refractivity contribution in [2.24, 2.45) is 0 Å². The standard InChI is InChI=1S/C10H14N2O/c1-13-10(11)8-12-7-9-5-3-2-4-6-9/h2-6,11-12H,7-8H2,1H3. The molecule has 0 spiro atoms. The monoisotopic (exact) mass is 178 g/mol. The van der Waals surface area contributed by atoms with Gasteiger partial charge in [-0.25, -0.2) is 0 Å². The normalized spacial score (nSPS) is 9.62. The van der Waals surface area contributed by atoms with Crippen molar-refractivity contribution in [1.29, 1.82) is 5.41 Å². The van der Waals surface area contributed by atoms with Crippen molar-refractivity contribution >= 4 is 5.90 Å². The van der Waals surface area contributed by atoms with Crippen molar-refractivity contribution in [2.75, 3.05) is 13.7 Å². The fraction of sp³-hybridized carbons (Fsp3) is 0.300. The van der Waals surface area contributed by atoms with Crippen LogP contribution in [-0.4, -0.2) is 19.6 Å². The molecule has 0 amide bonds. The Morgan fingerprint density at radius 2 is 2.08 bits per heavy atom. The minimum Gasteiger partial charge on any atom is -0.484 e. The molecular weight excluding hydrogens is 164 g/mol. The van der Waals surface area contributed by atoms with E-state index in [9.17, 15) is 0 Å². The van der Waals surface area contributed by atoms with E-state index in [-0.39, 0.29) is 5.90 Å². The van der Waals surface area contributed by atoms with Crippen LogP contribution in [0.1, 0.15) is 5.56 Å². The lowest BCUT2D eigenvalue weighted by Gasteiger charge is -2.04. The molecule has 0 saturated heterocycles. The summed E-state index contributed by atoms with van der Waals surface area (Å²) < 4.78 is 4.71. The van der Waals surface area contributed by atoms with Gasteiger partial charge in [-0.05, 0) is 5.56 Å². The zero-order valence-corrected chi connectivity index (χ0v) is 7.71. The van der Waals surface area contributed by atoms with Crippen molar-refractivity contribution in [2.45, 2.75) is 6.54 Å². The maximum Gasteiger partial charge on any atom is 0.194 e. The highest BCUT2D eigenvalue weighted by molar-refractivity contribution is 5.74.